The van der Waals surface area contributed by atoms with E-state index in [1.807, 2.05) is 41.3 Å². The molecule has 6 rings (SSSR count). The van der Waals surface area contributed by atoms with Crippen molar-refractivity contribution in [2.45, 2.75) is 0 Å². The zero-order valence-electron chi connectivity index (χ0n) is 23.7. The molecule has 1 fully saturated rings. The molecule has 0 unspecified atom stereocenters. The van der Waals surface area contributed by atoms with Crippen LogP contribution < -0.4 is 20.1 Å². The number of benzene rings is 3. The molecular weight excluding hydrogens is 546 g/mol. The number of ether oxygens (including phenoxy) is 2. The molecule has 5 aromatic rings. The van der Waals surface area contributed by atoms with E-state index in [2.05, 4.69) is 15.0 Å². The van der Waals surface area contributed by atoms with Crippen molar-refractivity contribution in [1.82, 2.24) is 24.8 Å². The first-order chi connectivity index (χ1) is 20.9. The number of anilines is 2. The van der Waals surface area contributed by atoms with Gasteiger partial charge in [-0.15, -0.1) is 0 Å². The molecule has 2 N–H and O–H groups in total. The van der Waals surface area contributed by atoms with Crippen molar-refractivity contribution in [3.8, 4) is 22.8 Å². The van der Waals surface area contributed by atoms with Gasteiger partial charge in [-0.25, -0.2) is 9.97 Å². The first-order valence-corrected chi connectivity index (χ1v) is 13.7. The lowest BCUT2D eigenvalue weighted by Crippen LogP contribution is -2.49. The lowest BCUT2D eigenvalue weighted by atomic mass is 10.0. The van der Waals surface area contributed by atoms with E-state index in [0.717, 1.165) is 5.56 Å². The second-order valence-corrected chi connectivity index (χ2v) is 9.95. The highest BCUT2D eigenvalue weighted by Crippen LogP contribution is 2.33. The van der Waals surface area contributed by atoms with Crippen LogP contribution in [0.4, 0.5) is 11.8 Å². The van der Waals surface area contributed by atoms with Gasteiger partial charge < -0.3 is 25.0 Å². The summed E-state index contributed by atoms with van der Waals surface area (Å²) in [6, 6.07) is 21.4. The zero-order valence-corrected chi connectivity index (χ0v) is 23.7. The van der Waals surface area contributed by atoms with Gasteiger partial charge in [-0.2, -0.15) is 9.97 Å². The average Bonchev–Trinajstić information content (AvgIpc) is 3.07. The summed E-state index contributed by atoms with van der Waals surface area (Å²) < 4.78 is 10.8. The van der Waals surface area contributed by atoms with Gasteiger partial charge in [0.2, 0.25) is 5.95 Å². The number of piperazine rings is 1. The Labute approximate surface area is 247 Å². The Morgan fingerprint density at radius 2 is 1.44 bits per heavy atom. The van der Waals surface area contributed by atoms with Gasteiger partial charge in [0.1, 0.15) is 0 Å². The molecule has 3 heterocycles. The van der Waals surface area contributed by atoms with Crippen LogP contribution in [0.3, 0.4) is 0 Å². The Bertz CT molecular complexity index is 1810. The second-order valence-electron chi connectivity index (χ2n) is 9.95. The summed E-state index contributed by atoms with van der Waals surface area (Å²) in [6.45, 7) is 1.98. The fraction of sp³-hybridized carbons (Fsp3) is 0.188. The minimum absolute atomic E-state index is 0.0815. The number of methoxy groups -OCH3 is 2. The number of nitrogen functional groups attached to an aromatic ring is 1. The van der Waals surface area contributed by atoms with Crippen LogP contribution in [-0.2, 0) is 0 Å². The lowest BCUT2D eigenvalue weighted by Gasteiger charge is -2.35. The first kappa shape index (κ1) is 27.6. The monoisotopic (exact) mass is 575 g/mol. The van der Waals surface area contributed by atoms with Crippen LogP contribution in [0.15, 0.2) is 79.0 Å². The van der Waals surface area contributed by atoms with E-state index in [0.29, 0.717) is 77.0 Å². The lowest BCUT2D eigenvalue weighted by molar-refractivity contribution is 0.0746. The SMILES string of the molecule is COc1ccc(-c2cnc3nc(N)nc(N4CCN(C(=O)c5ccc(C(=O)c6ccccc6)cc5)CC4)c3n2)cc1OC. The molecule has 0 aliphatic carbocycles. The van der Waals surface area contributed by atoms with Crippen LogP contribution in [0.2, 0.25) is 0 Å². The molecule has 0 saturated carbocycles. The summed E-state index contributed by atoms with van der Waals surface area (Å²) in [4.78, 5) is 48.0. The van der Waals surface area contributed by atoms with E-state index in [-0.39, 0.29) is 17.6 Å². The van der Waals surface area contributed by atoms with Gasteiger partial charge in [-0.05, 0) is 30.3 Å². The Hall–Kier alpha value is -5.58. The molecular formula is C32H29N7O4. The van der Waals surface area contributed by atoms with Crippen LogP contribution >= 0.6 is 0 Å². The van der Waals surface area contributed by atoms with Crippen molar-refractivity contribution in [2.75, 3.05) is 51.0 Å². The Morgan fingerprint density at radius 1 is 0.767 bits per heavy atom. The predicted molar refractivity (Wildman–Crippen MR) is 163 cm³/mol. The fourth-order valence-corrected chi connectivity index (χ4v) is 5.09. The number of nitrogens with two attached hydrogens (primary N) is 1. The summed E-state index contributed by atoms with van der Waals surface area (Å²) in [6.07, 6.45) is 1.63. The van der Waals surface area contributed by atoms with Crippen LogP contribution in [0.25, 0.3) is 22.4 Å². The van der Waals surface area contributed by atoms with E-state index in [4.69, 9.17) is 20.2 Å². The number of aromatic nitrogens is 4. The molecule has 2 aromatic heterocycles. The van der Waals surface area contributed by atoms with Crippen molar-refractivity contribution in [3.05, 3.63) is 95.7 Å². The predicted octanol–water partition coefficient (Wildman–Crippen LogP) is 3.88. The maximum Gasteiger partial charge on any atom is 0.253 e. The van der Waals surface area contributed by atoms with Crippen molar-refractivity contribution in [2.24, 2.45) is 0 Å². The van der Waals surface area contributed by atoms with Crippen molar-refractivity contribution < 1.29 is 19.1 Å². The molecule has 43 heavy (non-hydrogen) atoms. The Kier molecular flexibility index (Phi) is 7.52. The van der Waals surface area contributed by atoms with Crippen molar-refractivity contribution in [3.63, 3.8) is 0 Å². The van der Waals surface area contributed by atoms with Crippen molar-refractivity contribution >= 4 is 34.6 Å². The second kappa shape index (κ2) is 11.7. The summed E-state index contributed by atoms with van der Waals surface area (Å²) >= 11 is 0. The molecule has 216 valence electrons. The highest BCUT2D eigenvalue weighted by molar-refractivity contribution is 6.09. The maximum atomic E-state index is 13.3. The third kappa shape index (κ3) is 5.52. The number of ketones is 1. The number of hydrogen-bond acceptors (Lipinski definition) is 10. The van der Waals surface area contributed by atoms with Gasteiger partial charge in [0.15, 0.2) is 34.3 Å². The number of carbonyl (C=O) groups excluding carboxylic acids is 2. The Balaban J connectivity index is 1.19. The molecule has 1 aliphatic rings. The molecule has 0 bridgehead atoms. The van der Waals surface area contributed by atoms with E-state index < -0.39 is 0 Å². The summed E-state index contributed by atoms with van der Waals surface area (Å²) in [5.41, 5.74) is 10.0. The molecule has 0 atom stereocenters. The summed E-state index contributed by atoms with van der Waals surface area (Å²) in [5.74, 6) is 1.67. The van der Waals surface area contributed by atoms with E-state index in [9.17, 15) is 9.59 Å². The normalized spacial score (nSPS) is 13.2. The first-order valence-electron chi connectivity index (χ1n) is 13.7. The third-order valence-electron chi connectivity index (χ3n) is 7.38. The highest BCUT2D eigenvalue weighted by Gasteiger charge is 2.26. The van der Waals surface area contributed by atoms with Crippen LogP contribution in [-0.4, -0.2) is 76.9 Å². The fourth-order valence-electron chi connectivity index (χ4n) is 5.09. The van der Waals surface area contributed by atoms with E-state index >= 15 is 0 Å². The zero-order chi connectivity index (χ0) is 29.9. The van der Waals surface area contributed by atoms with Gasteiger partial charge in [0.05, 0.1) is 26.1 Å². The van der Waals surface area contributed by atoms with Crippen LogP contribution in [0.5, 0.6) is 11.5 Å². The van der Waals surface area contributed by atoms with Gasteiger partial charge in [-0.3, -0.25) is 9.59 Å². The molecule has 1 saturated heterocycles. The number of carbonyl (C=O) groups is 2. The Morgan fingerprint density at radius 3 is 2.14 bits per heavy atom. The molecule has 11 heteroatoms. The minimum Gasteiger partial charge on any atom is -0.493 e. The summed E-state index contributed by atoms with van der Waals surface area (Å²) in [5, 5.41) is 0. The molecule has 1 amide bonds. The van der Waals surface area contributed by atoms with E-state index in [1.165, 1.54) is 0 Å². The maximum absolute atomic E-state index is 13.3. The van der Waals surface area contributed by atoms with Gasteiger partial charge in [-0.1, -0.05) is 42.5 Å². The average molecular weight is 576 g/mol. The largest absolute Gasteiger partial charge is 0.493 e. The van der Waals surface area contributed by atoms with Gasteiger partial charge >= 0.3 is 0 Å². The number of amides is 1. The third-order valence-corrected chi connectivity index (χ3v) is 7.38. The molecule has 11 nitrogen and oxygen atoms in total. The topological polar surface area (TPSA) is 137 Å². The minimum atomic E-state index is -0.0963. The smallest absolute Gasteiger partial charge is 0.253 e. The molecule has 0 radical (unpaired) electrons. The molecule has 3 aromatic carbocycles. The molecule has 0 spiro atoms. The summed E-state index contributed by atoms with van der Waals surface area (Å²) in [7, 11) is 3.16. The van der Waals surface area contributed by atoms with Crippen LogP contribution in [0, 0.1) is 0 Å². The number of fused-ring (bicyclic) bond motifs is 1. The standard InChI is InChI=1S/C32H29N7O4/c1-42-25-13-12-23(18-26(25)43-2)24-19-34-29-27(35-24)30(37-32(33)36-29)38-14-16-39(17-15-38)31(41)22-10-8-21(9-11-22)28(40)20-6-4-3-5-7-20/h3-13,18-19H,14-17H2,1-2H3,(H2,33,34,36,37). The van der Waals surface area contributed by atoms with Crippen LogP contribution in [0.1, 0.15) is 26.3 Å². The number of nitrogens with zero attached hydrogens (tertiary/aromatic N) is 6. The number of rotatable bonds is 7. The van der Waals surface area contributed by atoms with Crippen molar-refractivity contribution in [1.29, 1.82) is 0 Å². The molecule has 1 aliphatic heterocycles. The quantitative estimate of drug-likeness (QED) is 0.285. The van der Waals surface area contributed by atoms with Gasteiger partial charge in [0.25, 0.3) is 5.91 Å². The van der Waals surface area contributed by atoms with E-state index in [1.54, 1.807) is 61.7 Å². The highest BCUT2D eigenvalue weighted by atomic mass is 16.5. The number of hydrogen-bond donors (Lipinski definition) is 1. The van der Waals surface area contributed by atoms with Gasteiger partial charge in [0, 0.05) is 48.4 Å².